The molecule has 0 aromatic heterocycles. The van der Waals surface area contributed by atoms with Gasteiger partial charge >= 0.3 is 12.1 Å². The number of ether oxygens (including phenoxy) is 4. The number of allylic oxidation sites excluding steroid dienone is 3. The van der Waals surface area contributed by atoms with E-state index in [0.29, 0.717) is 6.42 Å². The molecule has 0 spiro atoms. The van der Waals surface area contributed by atoms with E-state index in [1.54, 1.807) is 44.9 Å². The van der Waals surface area contributed by atoms with Crippen molar-refractivity contribution in [3.05, 3.63) is 53.1 Å². The van der Waals surface area contributed by atoms with Crippen molar-refractivity contribution in [2.75, 3.05) is 19.1 Å². The van der Waals surface area contributed by atoms with Crippen molar-refractivity contribution >= 4 is 23.7 Å². The van der Waals surface area contributed by atoms with Gasteiger partial charge in [-0.3, -0.25) is 14.9 Å². The molecule has 3 heterocycles. The second-order valence-electron chi connectivity index (χ2n) is 12.4. The standard InChI is InChI=1S/C32H44N2O8/c1-18(2)29(36)41-26-16-27(35)34(7)23-15-22(13-12-20(23)4)14-19(3)10-9-11-25(39-8)32(38)17-24(40-30(37)33-32)21(5)28-31(26,6)42-28/h9-13,15,18,21,24-26,28,38H,14,16-17H2,1-8H3,(H,33,37)/b11-9+,19-10+/t21-,24+,25-,26+,28+,31+,32+/m1/s1. The van der Waals surface area contributed by atoms with Crippen LogP contribution in [0.2, 0.25) is 0 Å². The summed E-state index contributed by atoms with van der Waals surface area (Å²) in [5.41, 5.74) is 1.04. The third-order valence-corrected chi connectivity index (χ3v) is 8.65. The van der Waals surface area contributed by atoms with Gasteiger partial charge in [-0.25, -0.2) is 4.79 Å². The molecule has 10 heteroatoms. The van der Waals surface area contributed by atoms with Crippen LogP contribution in [0.5, 0.6) is 0 Å². The molecular weight excluding hydrogens is 540 g/mol. The predicted octanol–water partition coefficient (Wildman–Crippen LogP) is 3.97. The molecule has 4 bridgehead atoms. The Bertz CT molecular complexity index is 1270. The fourth-order valence-electron chi connectivity index (χ4n) is 5.87. The number of aryl methyl sites for hydroxylation is 1. The maximum atomic E-state index is 13.7. The quantitative estimate of drug-likeness (QED) is 0.404. The molecule has 7 atom stereocenters. The molecule has 4 rings (SSSR count). The molecule has 2 saturated heterocycles. The van der Waals surface area contributed by atoms with Gasteiger partial charge in [0.05, 0.1) is 18.4 Å². The first kappa shape index (κ1) is 31.7. The molecule has 2 amide bonds. The number of nitrogens with zero attached hydrogens (tertiary/aromatic N) is 1. The fourth-order valence-corrected chi connectivity index (χ4v) is 5.87. The molecule has 2 fully saturated rings. The number of carbonyl (C=O) groups is 3. The molecule has 230 valence electrons. The maximum Gasteiger partial charge on any atom is 0.409 e. The van der Waals surface area contributed by atoms with Crippen LogP contribution in [0.25, 0.3) is 0 Å². The van der Waals surface area contributed by atoms with Gasteiger partial charge in [-0.15, -0.1) is 0 Å². The zero-order valence-corrected chi connectivity index (χ0v) is 25.8. The number of epoxide rings is 1. The smallest absolute Gasteiger partial charge is 0.409 e. The van der Waals surface area contributed by atoms with Crippen molar-refractivity contribution in [3.8, 4) is 0 Å². The molecule has 1 aromatic rings. The minimum Gasteiger partial charge on any atom is -0.458 e. The lowest BCUT2D eigenvalue weighted by molar-refractivity contribution is -0.157. The lowest BCUT2D eigenvalue weighted by atomic mass is 9.83. The second kappa shape index (κ2) is 12.2. The lowest BCUT2D eigenvalue weighted by Crippen LogP contribution is -2.63. The zero-order chi connectivity index (χ0) is 31.0. The Morgan fingerprint density at radius 1 is 1.24 bits per heavy atom. The number of anilines is 1. The van der Waals surface area contributed by atoms with Crippen LogP contribution in [-0.4, -0.2) is 73.0 Å². The molecular formula is C32H44N2O8. The van der Waals surface area contributed by atoms with E-state index in [4.69, 9.17) is 18.9 Å². The summed E-state index contributed by atoms with van der Waals surface area (Å²) in [4.78, 5) is 40.7. The average molecular weight is 585 g/mol. The molecule has 1 aromatic carbocycles. The highest BCUT2D eigenvalue weighted by Crippen LogP contribution is 2.49. The van der Waals surface area contributed by atoms with Gasteiger partial charge in [-0.05, 0) is 44.4 Å². The van der Waals surface area contributed by atoms with Gasteiger partial charge in [0.25, 0.3) is 0 Å². The Balaban J connectivity index is 1.76. The summed E-state index contributed by atoms with van der Waals surface area (Å²) in [5.74, 6) is -1.46. The summed E-state index contributed by atoms with van der Waals surface area (Å²) in [6.45, 7) is 11.1. The number of hydrogen-bond acceptors (Lipinski definition) is 8. The molecule has 0 unspecified atom stereocenters. The zero-order valence-electron chi connectivity index (χ0n) is 25.8. The molecule has 10 nitrogen and oxygen atoms in total. The number of carbonyl (C=O) groups excluding carboxylic acids is 3. The molecule has 2 N–H and O–H groups in total. The summed E-state index contributed by atoms with van der Waals surface area (Å²) < 4.78 is 23.3. The summed E-state index contributed by atoms with van der Waals surface area (Å²) in [6.07, 6.45) is 2.26. The van der Waals surface area contributed by atoms with E-state index >= 15 is 0 Å². The summed E-state index contributed by atoms with van der Waals surface area (Å²) in [5, 5.41) is 14.1. The van der Waals surface area contributed by atoms with Gasteiger partial charge in [-0.2, -0.15) is 0 Å². The van der Waals surface area contributed by atoms with Crippen molar-refractivity contribution in [3.63, 3.8) is 0 Å². The molecule has 0 aliphatic carbocycles. The number of benzene rings is 1. The number of nitrogens with one attached hydrogen (secondary N) is 1. The molecule has 0 radical (unpaired) electrons. The number of hydrogen-bond donors (Lipinski definition) is 2. The number of aliphatic hydroxyl groups is 1. The number of amides is 2. The van der Waals surface area contributed by atoms with Crippen molar-refractivity contribution in [1.29, 1.82) is 0 Å². The van der Waals surface area contributed by atoms with Crippen molar-refractivity contribution in [2.24, 2.45) is 11.8 Å². The molecule has 3 aliphatic rings. The third-order valence-electron chi connectivity index (χ3n) is 8.65. The summed E-state index contributed by atoms with van der Waals surface area (Å²) >= 11 is 0. The van der Waals surface area contributed by atoms with E-state index in [1.807, 2.05) is 45.0 Å². The Kier molecular flexibility index (Phi) is 9.20. The van der Waals surface area contributed by atoms with Crippen LogP contribution in [0.15, 0.2) is 42.0 Å². The number of esters is 1. The van der Waals surface area contributed by atoms with Gasteiger partial charge in [0.15, 0.2) is 5.72 Å². The Labute approximate surface area is 248 Å². The fraction of sp³-hybridized carbons (Fsp3) is 0.594. The minimum absolute atomic E-state index is 0.0324. The van der Waals surface area contributed by atoms with Gasteiger partial charge < -0.3 is 29.0 Å². The van der Waals surface area contributed by atoms with Gasteiger partial charge in [-0.1, -0.05) is 56.7 Å². The highest BCUT2D eigenvalue weighted by molar-refractivity contribution is 5.94. The monoisotopic (exact) mass is 584 g/mol. The second-order valence-corrected chi connectivity index (χ2v) is 12.4. The van der Waals surface area contributed by atoms with Crippen LogP contribution in [0.1, 0.15) is 58.6 Å². The van der Waals surface area contributed by atoms with E-state index < -0.39 is 59.6 Å². The first-order valence-electron chi connectivity index (χ1n) is 14.5. The van der Waals surface area contributed by atoms with Crippen LogP contribution in [0.4, 0.5) is 10.5 Å². The Morgan fingerprint density at radius 3 is 2.62 bits per heavy atom. The van der Waals surface area contributed by atoms with Crippen molar-refractivity contribution in [1.82, 2.24) is 5.32 Å². The van der Waals surface area contributed by atoms with Crippen LogP contribution in [0, 0.1) is 18.8 Å². The van der Waals surface area contributed by atoms with Gasteiger partial charge in [0.2, 0.25) is 5.91 Å². The van der Waals surface area contributed by atoms with Crippen molar-refractivity contribution < 1.29 is 38.4 Å². The average Bonchev–Trinajstić information content (AvgIpc) is 3.62. The molecule has 3 aliphatic heterocycles. The SMILES string of the molecule is CO[C@@H]1/C=C/C=C(\C)Cc2ccc(C)c(c2)N(C)C(=O)C[C@H](OC(=O)C(C)C)[C@]2(C)O[C@H]2[C@H](C)[C@@H]2C[C@@]1(O)NC(=O)O2. The van der Waals surface area contributed by atoms with E-state index in [0.717, 1.165) is 22.4 Å². The largest absolute Gasteiger partial charge is 0.458 e. The normalized spacial score (nSPS) is 35.8. The van der Waals surface area contributed by atoms with Crippen LogP contribution >= 0.6 is 0 Å². The Morgan fingerprint density at radius 2 is 1.95 bits per heavy atom. The highest BCUT2D eigenvalue weighted by atomic mass is 16.7. The lowest BCUT2D eigenvalue weighted by Gasteiger charge is -2.42. The van der Waals surface area contributed by atoms with Crippen LogP contribution in [-0.2, 0) is 35.0 Å². The number of fused-ring (bicyclic) bond motifs is 5. The van der Waals surface area contributed by atoms with Gasteiger partial charge in [0, 0.05) is 32.2 Å². The maximum absolute atomic E-state index is 13.7. The first-order chi connectivity index (χ1) is 19.7. The minimum atomic E-state index is -1.73. The predicted molar refractivity (Wildman–Crippen MR) is 157 cm³/mol. The van der Waals surface area contributed by atoms with E-state index in [9.17, 15) is 19.5 Å². The van der Waals surface area contributed by atoms with Crippen molar-refractivity contribution in [2.45, 2.75) is 96.5 Å². The van der Waals surface area contributed by atoms with Crippen LogP contribution in [0.3, 0.4) is 0 Å². The number of alkyl carbamates (subject to hydrolysis) is 1. The molecule has 42 heavy (non-hydrogen) atoms. The Hall–Kier alpha value is -3.21. The van der Waals surface area contributed by atoms with Gasteiger partial charge in [0.1, 0.15) is 23.9 Å². The van der Waals surface area contributed by atoms with E-state index in [1.165, 1.54) is 7.11 Å². The van der Waals surface area contributed by atoms with Crippen LogP contribution < -0.4 is 10.2 Å². The van der Waals surface area contributed by atoms with E-state index in [2.05, 4.69) is 5.32 Å². The molecule has 0 saturated carbocycles. The number of rotatable bonds is 3. The summed E-state index contributed by atoms with van der Waals surface area (Å²) in [6, 6.07) is 6.00. The number of methoxy groups -OCH3 is 1. The van der Waals surface area contributed by atoms with E-state index in [-0.39, 0.29) is 18.7 Å². The highest BCUT2D eigenvalue weighted by Gasteiger charge is 2.64. The summed E-state index contributed by atoms with van der Waals surface area (Å²) in [7, 11) is 3.19. The third kappa shape index (κ3) is 6.55. The first-order valence-corrected chi connectivity index (χ1v) is 14.5. The topological polar surface area (TPSA) is 127 Å².